The van der Waals surface area contributed by atoms with Crippen LogP contribution in [0.3, 0.4) is 0 Å². The fourth-order valence-electron chi connectivity index (χ4n) is 4.89. The first-order valence-electron chi connectivity index (χ1n) is 11.2. The van der Waals surface area contributed by atoms with E-state index >= 15 is 0 Å². The van der Waals surface area contributed by atoms with Gasteiger partial charge in [0.1, 0.15) is 0 Å². The van der Waals surface area contributed by atoms with Crippen molar-refractivity contribution in [1.29, 1.82) is 0 Å². The number of fused-ring (bicyclic) bond motifs is 2. The van der Waals surface area contributed by atoms with Gasteiger partial charge < -0.3 is 9.80 Å². The zero-order valence-electron chi connectivity index (χ0n) is 18.2. The number of nitrogens with zero attached hydrogens (tertiary/aromatic N) is 3. The first-order chi connectivity index (χ1) is 15.0. The number of anilines is 1. The van der Waals surface area contributed by atoms with Gasteiger partial charge in [-0.15, -0.1) is 0 Å². The van der Waals surface area contributed by atoms with Gasteiger partial charge in [0, 0.05) is 48.5 Å². The van der Waals surface area contributed by atoms with E-state index in [4.69, 9.17) is 16.6 Å². The number of piperazine rings is 1. The first-order valence-corrected chi connectivity index (χ1v) is 11.6. The van der Waals surface area contributed by atoms with Crippen molar-refractivity contribution in [1.82, 2.24) is 9.88 Å². The summed E-state index contributed by atoms with van der Waals surface area (Å²) >= 11 is 6.70. The molecule has 0 N–H and O–H groups in total. The summed E-state index contributed by atoms with van der Waals surface area (Å²) in [4.78, 5) is 22.4. The molecule has 0 unspecified atom stereocenters. The first kappa shape index (κ1) is 20.3. The third-order valence-electron chi connectivity index (χ3n) is 6.71. The Hall–Kier alpha value is -2.59. The molecule has 0 bridgehead atoms. The molecule has 4 nitrogen and oxygen atoms in total. The largest absolute Gasteiger partial charge is 0.368 e. The lowest BCUT2D eigenvalue weighted by Gasteiger charge is -2.37. The summed E-state index contributed by atoms with van der Waals surface area (Å²) in [6.07, 6.45) is 4.31. The third-order valence-corrected chi connectivity index (χ3v) is 7.14. The number of carbonyl (C=O) groups is 1. The number of hydrogen-bond donors (Lipinski definition) is 0. The highest BCUT2D eigenvalue weighted by atomic mass is 35.5. The normalized spacial score (nSPS) is 16.5. The molecule has 1 amide bonds. The lowest BCUT2D eigenvalue weighted by molar-refractivity contribution is 0.0747. The van der Waals surface area contributed by atoms with Crippen molar-refractivity contribution < 1.29 is 4.79 Å². The molecule has 31 heavy (non-hydrogen) atoms. The highest BCUT2D eigenvalue weighted by Crippen LogP contribution is 2.33. The molecule has 3 aromatic rings. The zero-order chi connectivity index (χ0) is 21.5. The van der Waals surface area contributed by atoms with Gasteiger partial charge in [0.25, 0.3) is 5.91 Å². The summed E-state index contributed by atoms with van der Waals surface area (Å²) in [6, 6.07) is 12.4. The Morgan fingerprint density at radius 1 is 0.968 bits per heavy atom. The van der Waals surface area contributed by atoms with Crippen molar-refractivity contribution >= 4 is 34.1 Å². The van der Waals surface area contributed by atoms with Gasteiger partial charge >= 0.3 is 0 Å². The molecule has 1 aliphatic carbocycles. The molecule has 0 radical (unpaired) electrons. The number of rotatable bonds is 2. The summed E-state index contributed by atoms with van der Waals surface area (Å²) in [7, 11) is 0. The number of aryl methyl sites for hydroxylation is 3. The fraction of sp³-hybridized carbons (Fsp3) is 0.385. The highest BCUT2D eigenvalue weighted by molar-refractivity contribution is 6.36. The molecule has 2 heterocycles. The lowest BCUT2D eigenvalue weighted by Crippen LogP contribution is -2.49. The molecule has 1 aliphatic heterocycles. The van der Waals surface area contributed by atoms with E-state index in [-0.39, 0.29) is 5.91 Å². The van der Waals surface area contributed by atoms with Crippen LogP contribution in [0.4, 0.5) is 5.69 Å². The van der Waals surface area contributed by atoms with Gasteiger partial charge in [0.15, 0.2) is 0 Å². The van der Waals surface area contributed by atoms with Crippen molar-refractivity contribution in [2.45, 2.75) is 39.5 Å². The van der Waals surface area contributed by atoms with Gasteiger partial charge in [-0.3, -0.25) is 9.78 Å². The molecule has 0 atom stereocenters. The van der Waals surface area contributed by atoms with Crippen LogP contribution in [-0.4, -0.2) is 42.0 Å². The summed E-state index contributed by atoms with van der Waals surface area (Å²) in [5, 5.41) is 1.78. The Balaban J connectivity index is 1.35. The summed E-state index contributed by atoms with van der Waals surface area (Å²) < 4.78 is 0. The van der Waals surface area contributed by atoms with E-state index in [2.05, 4.69) is 36.9 Å². The average Bonchev–Trinajstić information content (AvgIpc) is 2.80. The lowest BCUT2D eigenvalue weighted by atomic mass is 9.94. The number of carbonyl (C=O) groups excluding carboxylic acids is 1. The molecule has 1 fully saturated rings. The highest BCUT2D eigenvalue weighted by Gasteiger charge is 2.24. The summed E-state index contributed by atoms with van der Waals surface area (Å²) in [6.45, 7) is 7.42. The van der Waals surface area contributed by atoms with Gasteiger partial charge in [-0.05, 0) is 74.4 Å². The van der Waals surface area contributed by atoms with Gasteiger partial charge in [-0.25, -0.2) is 0 Å². The quantitative estimate of drug-likeness (QED) is 0.546. The topological polar surface area (TPSA) is 36.4 Å². The van der Waals surface area contributed by atoms with E-state index in [9.17, 15) is 4.79 Å². The van der Waals surface area contributed by atoms with Crippen LogP contribution >= 0.6 is 11.6 Å². The summed E-state index contributed by atoms with van der Waals surface area (Å²) in [5.41, 5.74) is 7.67. The monoisotopic (exact) mass is 433 g/mol. The second-order valence-electron chi connectivity index (χ2n) is 8.86. The van der Waals surface area contributed by atoms with Crippen LogP contribution in [0.25, 0.3) is 10.9 Å². The second kappa shape index (κ2) is 8.16. The number of halogens is 1. The van der Waals surface area contributed by atoms with E-state index in [0.29, 0.717) is 5.56 Å². The van der Waals surface area contributed by atoms with Crippen molar-refractivity contribution in [3.63, 3.8) is 0 Å². The second-order valence-corrected chi connectivity index (χ2v) is 9.24. The molecule has 160 valence electrons. The van der Waals surface area contributed by atoms with Crippen LogP contribution < -0.4 is 4.90 Å². The van der Waals surface area contributed by atoms with Crippen LogP contribution in [0.15, 0.2) is 36.4 Å². The SMILES string of the molecule is Cc1ccc(C)c(N2CCN(C(=O)c3ccc4c(Cl)c5c(nc4c3)CCCC5)CC2)c1. The minimum absolute atomic E-state index is 0.0816. The van der Waals surface area contributed by atoms with E-state index in [1.807, 2.05) is 23.1 Å². The Morgan fingerprint density at radius 3 is 2.55 bits per heavy atom. The smallest absolute Gasteiger partial charge is 0.254 e. The van der Waals surface area contributed by atoms with Crippen LogP contribution in [0, 0.1) is 13.8 Å². The molecule has 1 saturated heterocycles. The maximum Gasteiger partial charge on any atom is 0.254 e. The van der Waals surface area contributed by atoms with Crippen LogP contribution in [0.5, 0.6) is 0 Å². The predicted octanol–water partition coefficient (Wildman–Crippen LogP) is 5.35. The van der Waals surface area contributed by atoms with Crippen LogP contribution in [-0.2, 0) is 12.8 Å². The van der Waals surface area contributed by atoms with E-state index in [1.165, 1.54) is 28.8 Å². The molecule has 5 rings (SSSR count). The Kier molecular flexibility index (Phi) is 5.35. The number of pyridine rings is 1. The number of aromatic nitrogens is 1. The standard InChI is InChI=1S/C26H28ClN3O/c1-17-7-8-18(2)24(15-17)29-11-13-30(14-12-29)26(31)19-9-10-21-23(16-19)28-22-6-4-3-5-20(22)25(21)27/h7-10,15-16H,3-6,11-14H2,1-2H3. The molecule has 0 saturated carbocycles. The Labute approximate surface area is 188 Å². The fourth-order valence-corrected chi connectivity index (χ4v) is 5.26. The minimum atomic E-state index is 0.0816. The molecule has 0 spiro atoms. The van der Waals surface area contributed by atoms with Gasteiger partial charge in [0.05, 0.1) is 10.5 Å². The third kappa shape index (κ3) is 3.78. The van der Waals surface area contributed by atoms with Crippen molar-refractivity contribution in [2.75, 3.05) is 31.1 Å². The number of hydrogen-bond acceptors (Lipinski definition) is 3. The molecule has 2 aromatic carbocycles. The van der Waals surface area contributed by atoms with Crippen LogP contribution in [0.2, 0.25) is 5.02 Å². The molecule has 2 aliphatic rings. The number of amides is 1. The maximum absolute atomic E-state index is 13.2. The Morgan fingerprint density at radius 2 is 1.74 bits per heavy atom. The average molecular weight is 434 g/mol. The van der Waals surface area contributed by atoms with Crippen molar-refractivity contribution in [2.24, 2.45) is 0 Å². The molecular weight excluding hydrogens is 406 g/mol. The van der Waals surface area contributed by atoms with E-state index in [0.717, 1.165) is 67.1 Å². The molecular formula is C26H28ClN3O. The number of benzene rings is 2. The van der Waals surface area contributed by atoms with Gasteiger partial charge in [-0.1, -0.05) is 29.8 Å². The van der Waals surface area contributed by atoms with E-state index in [1.54, 1.807) is 0 Å². The van der Waals surface area contributed by atoms with Crippen LogP contribution in [0.1, 0.15) is 45.6 Å². The Bertz CT molecular complexity index is 1170. The van der Waals surface area contributed by atoms with Crippen molar-refractivity contribution in [3.8, 4) is 0 Å². The maximum atomic E-state index is 13.2. The molecule has 1 aromatic heterocycles. The molecule has 5 heteroatoms. The minimum Gasteiger partial charge on any atom is -0.368 e. The van der Waals surface area contributed by atoms with Crippen molar-refractivity contribution in [3.05, 3.63) is 69.4 Å². The summed E-state index contributed by atoms with van der Waals surface area (Å²) in [5.74, 6) is 0.0816. The van der Waals surface area contributed by atoms with Gasteiger partial charge in [-0.2, -0.15) is 0 Å². The zero-order valence-corrected chi connectivity index (χ0v) is 19.0. The van der Waals surface area contributed by atoms with E-state index < -0.39 is 0 Å². The van der Waals surface area contributed by atoms with Gasteiger partial charge in [0.2, 0.25) is 0 Å². The predicted molar refractivity (Wildman–Crippen MR) is 127 cm³/mol.